The van der Waals surface area contributed by atoms with Gasteiger partial charge in [-0.25, -0.2) is 4.39 Å². The fourth-order valence-electron chi connectivity index (χ4n) is 1.20. The van der Waals surface area contributed by atoms with Crippen molar-refractivity contribution in [3.63, 3.8) is 0 Å². The van der Waals surface area contributed by atoms with E-state index in [4.69, 9.17) is 4.74 Å². The number of hydrogen-bond donors (Lipinski definition) is 2. The van der Waals surface area contributed by atoms with Crippen LogP contribution in [0.15, 0.2) is 18.2 Å². The lowest BCUT2D eigenvalue weighted by Gasteiger charge is -2.09. The quantitative estimate of drug-likeness (QED) is 0.774. The predicted octanol–water partition coefficient (Wildman–Crippen LogP) is 1.63. The third kappa shape index (κ3) is 2.35. The monoisotopic (exact) mass is 199 g/mol. The Morgan fingerprint density at radius 2 is 2.29 bits per heavy atom. The Morgan fingerprint density at radius 3 is 2.79 bits per heavy atom. The van der Waals surface area contributed by atoms with Crippen LogP contribution in [0.4, 0.5) is 4.39 Å². The molecule has 0 amide bonds. The molecule has 1 aromatic rings. The van der Waals surface area contributed by atoms with Crippen LogP contribution in [0.1, 0.15) is 11.7 Å². The SMILES string of the molecule is CNCC(F)c1ccc(OC)c(O)c1. The molecule has 0 aliphatic heterocycles. The lowest BCUT2D eigenvalue weighted by molar-refractivity contribution is 0.331. The summed E-state index contributed by atoms with van der Waals surface area (Å²) in [6.07, 6.45) is -1.11. The summed E-state index contributed by atoms with van der Waals surface area (Å²) < 4.78 is 18.2. The molecule has 0 aromatic heterocycles. The minimum absolute atomic E-state index is 0.0382. The first-order valence-electron chi connectivity index (χ1n) is 4.34. The van der Waals surface area contributed by atoms with Crippen molar-refractivity contribution in [2.24, 2.45) is 0 Å². The molecule has 0 saturated carbocycles. The zero-order valence-corrected chi connectivity index (χ0v) is 8.25. The molecule has 0 fully saturated rings. The van der Waals surface area contributed by atoms with Crippen molar-refractivity contribution in [3.05, 3.63) is 23.8 Å². The molecule has 1 aromatic carbocycles. The van der Waals surface area contributed by atoms with E-state index < -0.39 is 6.17 Å². The fourth-order valence-corrected chi connectivity index (χ4v) is 1.20. The van der Waals surface area contributed by atoms with E-state index in [0.29, 0.717) is 11.3 Å². The maximum absolute atomic E-state index is 13.3. The molecule has 0 heterocycles. The molecule has 3 nitrogen and oxygen atoms in total. The molecule has 14 heavy (non-hydrogen) atoms. The van der Waals surface area contributed by atoms with Gasteiger partial charge in [0, 0.05) is 6.54 Å². The van der Waals surface area contributed by atoms with Crippen LogP contribution in [0.2, 0.25) is 0 Å². The smallest absolute Gasteiger partial charge is 0.160 e. The van der Waals surface area contributed by atoms with Gasteiger partial charge in [-0.3, -0.25) is 0 Å². The van der Waals surface area contributed by atoms with Crippen LogP contribution in [0, 0.1) is 0 Å². The zero-order valence-electron chi connectivity index (χ0n) is 8.25. The van der Waals surface area contributed by atoms with Crippen molar-refractivity contribution in [2.75, 3.05) is 20.7 Å². The van der Waals surface area contributed by atoms with Gasteiger partial charge in [0.1, 0.15) is 6.17 Å². The van der Waals surface area contributed by atoms with Crippen molar-refractivity contribution >= 4 is 0 Å². The lowest BCUT2D eigenvalue weighted by atomic mass is 10.1. The highest BCUT2D eigenvalue weighted by Gasteiger charge is 2.11. The normalized spacial score (nSPS) is 12.5. The van der Waals surface area contributed by atoms with Crippen LogP contribution in [0.5, 0.6) is 11.5 Å². The predicted molar refractivity (Wildman–Crippen MR) is 52.4 cm³/mol. The van der Waals surface area contributed by atoms with Gasteiger partial charge in [0.25, 0.3) is 0 Å². The zero-order chi connectivity index (χ0) is 10.6. The average molecular weight is 199 g/mol. The number of benzene rings is 1. The maximum Gasteiger partial charge on any atom is 0.160 e. The van der Waals surface area contributed by atoms with Crippen molar-refractivity contribution < 1.29 is 14.2 Å². The van der Waals surface area contributed by atoms with Crippen molar-refractivity contribution in [1.82, 2.24) is 5.32 Å². The van der Waals surface area contributed by atoms with Crippen molar-refractivity contribution in [1.29, 1.82) is 0 Å². The summed E-state index contributed by atoms with van der Waals surface area (Å²) >= 11 is 0. The maximum atomic E-state index is 13.3. The summed E-state index contributed by atoms with van der Waals surface area (Å²) in [5, 5.41) is 12.1. The summed E-state index contributed by atoms with van der Waals surface area (Å²) in [7, 11) is 3.13. The number of alkyl halides is 1. The molecule has 1 unspecified atom stereocenters. The van der Waals surface area contributed by atoms with Gasteiger partial charge in [-0.15, -0.1) is 0 Å². The first kappa shape index (κ1) is 10.8. The molecule has 1 atom stereocenters. The Morgan fingerprint density at radius 1 is 1.57 bits per heavy atom. The van der Waals surface area contributed by atoms with Gasteiger partial charge in [-0.05, 0) is 24.7 Å². The minimum Gasteiger partial charge on any atom is -0.504 e. The van der Waals surface area contributed by atoms with Gasteiger partial charge >= 0.3 is 0 Å². The molecule has 0 radical (unpaired) electrons. The molecule has 4 heteroatoms. The lowest BCUT2D eigenvalue weighted by Crippen LogP contribution is -2.13. The van der Waals surface area contributed by atoms with Crippen LogP contribution in [-0.2, 0) is 0 Å². The number of nitrogens with one attached hydrogen (secondary N) is 1. The number of rotatable bonds is 4. The molecular formula is C10H14FNO2. The molecule has 2 N–H and O–H groups in total. The number of halogens is 1. The van der Waals surface area contributed by atoms with E-state index in [1.165, 1.54) is 13.2 Å². The van der Waals surface area contributed by atoms with Crippen LogP contribution in [0.3, 0.4) is 0 Å². The van der Waals surface area contributed by atoms with Crippen molar-refractivity contribution in [3.8, 4) is 11.5 Å². The molecular weight excluding hydrogens is 185 g/mol. The molecule has 1 rings (SSSR count). The van der Waals surface area contributed by atoms with Gasteiger partial charge in [0.2, 0.25) is 0 Å². The third-order valence-electron chi connectivity index (χ3n) is 1.95. The molecule has 78 valence electrons. The topological polar surface area (TPSA) is 41.5 Å². The Bertz CT molecular complexity index is 304. The number of likely N-dealkylation sites (N-methyl/N-ethyl adjacent to an activating group) is 1. The number of hydrogen-bond acceptors (Lipinski definition) is 3. The molecule has 0 bridgehead atoms. The first-order valence-corrected chi connectivity index (χ1v) is 4.34. The number of aromatic hydroxyl groups is 1. The summed E-state index contributed by atoms with van der Waals surface area (Å²) in [4.78, 5) is 0. The average Bonchev–Trinajstić information content (AvgIpc) is 2.18. The van der Waals surface area contributed by atoms with E-state index >= 15 is 0 Å². The van der Waals surface area contributed by atoms with Crippen LogP contribution >= 0.6 is 0 Å². The summed E-state index contributed by atoms with van der Waals surface area (Å²) in [5.74, 6) is 0.314. The Balaban J connectivity index is 2.85. The highest BCUT2D eigenvalue weighted by Crippen LogP contribution is 2.29. The van der Waals surface area contributed by atoms with Crippen molar-refractivity contribution in [2.45, 2.75) is 6.17 Å². The molecule has 0 aliphatic rings. The third-order valence-corrected chi connectivity index (χ3v) is 1.95. The highest BCUT2D eigenvalue weighted by atomic mass is 19.1. The van der Waals surface area contributed by atoms with E-state index in [-0.39, 0.29) is 12.3 Å². The second-order valence-corrected chi connectivity index (χ2v) is 2.96. The number of ether oxygens (including phenoxy) is 1. The van der Waals surface area contributed by atoms with Crippen LogP contribution < -0.4 is 10.1 Å². The standard InChI is InChI=1S/C10H14FNO2/c1-12-6-8(11)7-3-4-10(14-2)9(13)5-7/h3-5,8,12-13H,6H2,1-2H3. The molecule has 0 saturated heterocycles. The van der Waals surface area contributed by atoms with E-state index in [9.17, 15) is 9.50 Å². The van der Waals surface area contributed by atoms with Crippen LogP contribution in [0.25, 0.3) is 0 Å². The minimum atomic E-state index is -1.11. The number of phenolic OH excluding ortho intramolecular Hbond substituents is 1. The number of phenols is 1. The van der Waals surface area contributed by atoms with Gasteiger partial charge < -0.3 is 15.2 Å². The Labute approximate surface area is 82.5 Å². The second kappa shape index (κ2) is 4.81. The number of methoxy groups -OCH3 is 1. The Hall–Kier alpha value is -1.29. The van der Waals surface area contributed by atoms with Gasteiger partial charge in [-0.2, -0.15) is 0 Å². The second-order valence-electron chi connectivity index (χ2n) is 2.96. The fraction of sp³-hybridized carbons (Fsp3) is 0.400. The molecule has 0 spiro atoms. The summed E-state index contributed by atoms with van der Waals surface area (Å²) in [6, 6.07) is 4.52. The van der Waals surface area contributed by atoms with Gasteiger partial charge in [0.05, 0.1) is 7.11 Å². The van der Waals surface area contributed by atoms with Gasteiger partial charge in [-0.1, -0.05) is 6.07 Å². The van der Waals surface area contributed by atoms with E-state index in [1.807, 2.05) is 0 Å². The van der Waals surface area contributed by atoms with Gasteiger partial charge in [0.15, 0.2) is 11.5 Å². The Kier molecular flexibility index (Phi) is 3.71. The van der Waals surface area contributed by atoms with E-state index in [0.717, 1.165) is 0 Å². The van der Waals surface area contributed by atoms with E-state index in [1.54, 1.807) is 19.2 Å². The molecule has 0 aliphatic carbocycles. The summed E-state index contributed by atoms with van der Waals surface area (Å²) in [5.41, 5.74) is 0.442. The van der Waals surface area contributed by atoms with Crippen LogP contribution in [-0.4, -0.2) is 25.8 Å². The first-order chi connectivity index (χ1) is 6.69. The van der Waals surface area contributed by atoms with E-state index in [2.05, 4.69) is 5.32 Å². The largest absolute Gasteiger partial charge is 0.504 e. The highest BCUT2D eigenvalue weighted by molar-refractivity contribution is 5.42. The summed E-state index contributed by atoms with van der Waals surface area (Å²) in [6.45, 7) is 0.228.